The monoisotopic (exact) mass is 273 g/mol. The van der Waals surface area contributed by atoms with Crippen LogP contribution in [0.15, 0.2) is 6.07 Å². The molecule has 0 bridgehead atoms. The molecule has 5 nitrogen and oxygen atoms in total. The van der Waals surface area contributed by atoms with Crippen LogP contribution in [0.5, 0.6) is 11.5 Å². The fourth-order valence-electron chi connectivity index (χ4n) is 1.76. The van der Waals surface area contributed by atoms with E-state index in [1.807, 2.05) is 0 Å². The molecule has 6 heteroatoms. The molecule has 18 heavy (non-hydrogen) atoms. The SMILES string of the molecule is COc1cc(C(CN)C(=O)O)c(OC)c(Cl)c1C. The zero-order chi connectivity index (χ0) is 13.9. The van der Waals surface area contributed by atoms with Crippen LogP contribution in [0.2, 0.25) is 5.02 Å². The summed E-state index contributed by atoms with van der Waals surface area (Å²) in [5.41, 5.74) is 6.60. The van der Waals surface area contributed by atoms with Gasteiger partial charge < -0.3 is 20.3 Å². The molecule has 0 saturated heterocycles. The summed E-state index contributed by atoms with van der Waals surface area (Å²) in [5.74, 6) is -1.08. The highest BCUT2D eigenvalue weighted by Crippen LogP contribution is 2.40. The summed E-state index contributed by atoms with van der Waals surface area (Å²) in [6.45, 7) is 1.72. The van der Waals surface area contributed by atoms with E-state index in [0.717, 1.165) is 0 Å². The molecule has 1 atom stereocenters. The highest BCUT2D eigenvalue weighted by atomic mass is 35.5. The van der Waals surface area contributed by atoms with Crippen LogP contribution in [-0.4, -0.2) is 31.8 Å². The van der Waals surface area contributed by atoms with Crippen molar-refractivity contribution in [2.45, 2.75) is 12.8 Å². The molecule has 1 aromatic carbocycles. The molecular weight excluding hydrogens is 258 g/mol. The minimum Gasteiger partial charge on any atom is -0.496 e. The van der Waals surface area contributed by atoms with Crippen LogP contribution in [0.3, 0.4) is 0 Å². The lowest BCUT2D eigenvalue weighted by molar-refractivity contribution is -0.138. The third-order valence-electron chi connectivity index (χ3n) is 2.78. The van der Waals surface area contributed by atoms with Crippen LogP contribution in [0.4, 0.5) is 0 Å². The summed E-state index contributed by atoms with van der Waals surface area (Å²) in [5, 5.41) is 9.49. The first-order valence-electron chi connectivity index (χ1n) is 5.31. The van der Waals surface area contributed by atoms with Crippen LogP contribution >= 0.6 is 11.6 Å². The number of nitrogens with two attached hydrogens (primary N) is 1. The molecule has 1 aromatic rings. The third-order valence-corrected chi connectivity index (χ3v) is 3.24. The summed E-state index contributed by atoms with van der Waals surface area (Å²) in [6, 6.07) is 1.60. The van der Waals surface area contributed by atoms with Gasteiger partial charge in [0.25, 0.3) is 0 Å². The van der Waals surface area contributed by atoms with E-state index in [9.17, 15) is 4.79 Å². The lowest BCUT2D eigenvalue weighted by Gasteiger charge is -2.19. The van der Waals surface area contributed by atoms with Gasteiger partial charge in [0.05, 0.1) is 25.2 Å². The molecule has 0 aliphatic rings. The van der Waals surface area contributed by atoms with Gasteiger partial charge >= 0.3 is 5.97 Å². The zero-order valence-electron chi connectivity index (χ0n) is 10.5. The van der Waals surface area contributed by atoms with Crippen molar-refractivity contribution in [2.24, 2.45) is 5.73 Å². The van der Waals surface area contributed by atoms with Gasteiger partial charge in [0.2, 0.25) is 0 Å². The predicted octanol–water partition coefficient (Wildman–Crippen LogP) is 1.79. The van der Waals surface area contributed by atoms with Gasteiger partial charge in [-0.15, -0.1) is 0 Å². The molecule has 1 unspecified atom stereocenters. The Morgan fingerprint density at radius 1 is 1.50 bits per heavy atom. The zero-order valence-corrected chi connectivity index (χ0v) is 11.2. The predicted molar refractivity (Wildman–Crippen MR) is 68.7 cm³/mol. The van der Waals surface area contributed by atoms with E-state index in [-0.39, 0.29) is 6.54 Å². The van der Waals surface area contributed by atoms with E-state index in [0.29, 0.717) is 27.6 Å². The number of hydrogen-bond donors (Lipinski definition) is 2. The van der Waals surface area contributed by atoms with Crippen LogP contribution in [0.25, 0.3) is 0 Å². The van der Waals surface area contributed by atoms with Crippen molar-refractivity contribution in [1.82, 2.24) is 0 Å². The highest BCUT2D eigenvalue weighted by Gasteiger charge is 2.26. The number of hydrogen-bond acceptors (Lipinski definition) is 4. The molecule has 0 spiro atoms. The Morgan fingerprint density at radius 3 is 2.50 bits per heavy atom. The average Bonchev–Trinajstić information content (AvgIpc) is 2.34. The number of rotatable bonds is 5. The summed E-state index contributed by atoms with van der Waals surface area (Å²) in [6.07, 6.45) is 0. The molecule has 0 aliphatic carbocycles. The summed E-state index contributed by atoms with van der Waals surface area (Å²) in [4.78, 5) is 11.2. The van der Waals surface area contributed by atoms with Crippen molar-refractivity contribution in [1.29, 1.82) is 0 Å². The van der Waals surface area contributed by atoms with Gasteiger partial charge in [0, 0.05) is 17.7 Å². The fraction of sp³-hybridized carbons (Fsp3) is 0.417. The normalized spacial score (nSPS) is 12.1. The van der Waals surface area contributed by atoms with Crippen LogP contribution in [-0.2, 0) is 4.79 Å². The van der Waals surface area contributed by atoms with Crippen LogP contribution in [0.1, 0.15) is 17.0 Å². The second-order valence-corrected chi connectivity index (χ2v) is 4.14. The smallest absolute Gasteiger partial charge is 0.312 e. The Bertz CT molecular complexity index is 462. The van der Waals surface area contributed by atoms with Crippen LogP contribution in [0, 0.1) is 6.92 Å². The Balaban J connectivity index is 3.50. The van der Waals surface area contributed by atoms with E-state index in [1.165, 1.54) is 14.2 Å². The third kappa shape index (κ3) is 2.52. The number of aliphatic carboxylic acids is 1. The first-order valence-corrected chi connectivity index (χ1v) is 5.69. The van der Waals surface area contributed by atoms with Gasteiger partial charge in [0.1, 0.15) is 11.5 Å². The van der Waals surface area contributed by atoms with Crippen molar-refractivity contribution < 1.29 is 19.4 Å². The molecule has 0 radical (unpaired) electrons. The number of carbonyl (C=O) groups is 1. The molecule has 1 rings (SSSR count). The molecule has 3 N–H and O–H groups in total. The van der Waals surface area contributed by atoms with Gasteiger partial charge in [-0.3, -0.25) is 4.79 Å². The summed E-state index contributed by atoms with van der Waals surface area (Å²) in [7, 11) is 2.93. The van der Waals surface area contributed by atoms with Crippen molar-refractivity contribution in [3.63, 3.8) is 0 Å². The molecule has 0 heterocycles. The van der Waals surface area contributed by atoms with Crippen LogP contribution < -0.4 is 15.2 Å². The van der Waals surface area contributed by atoms with Gasteiger partial charge in [-0.05, 0) is 13.0 Å². The molecule has 0 aliphatic heterocycles. The number of halogens is 1. The minimum atomic E-state index is -1.03. The first-order chi connectivity index (χ1) is 8.47. The molecular formula is C12H16ClNO4. The fourth-order valence-corrected chi connectivity index (χ4v) is 2.04. The summed E-state index contributed by atoms with van der Waals surface area (Å²) >= 11 is 6.15. The number of carboxylic acids is 1. The van der Waals surface area contributed by atoms with E-state index in [1.54, 1.807) is 13.0 Å². The maximum absolute atomic E-state index is 11.2. The van der Waals surface area contributed by atoms with E-state index in [4.69, 9.17) is 31.9 Å². The van der Waals surface area contributed by atoms with Crippen molar-refractivity contribution in [3.05, 3.63) is 22.2 Å². The van der Waals surface area contributed by atoms with Crippen molar-refractivity contribution in [3.8, 4) is 11.5 Å². The lowest BCUT2D eigenvalue weighted by atomic mass is 9.96. The second kappa shape index (κ2) is 5.93. The number of methoxy groups -OCH3 is 2. The van der Waals surface area contributed by atoms with E-state index >= 15 is 0 Å². The molecule has 0 fully saturated rings. The standard InChI is InChI=1S/C12H16ClNO4/c1-6-9(17-2)4-7(8(5-14)12(15)16)11(18-3)10(6)13/h4,8H,5,14H2,1-3H3,(H,15,16). The largest absolute Gasteiger partial charge is 0.496 e. The minimum absolute atomic E-state index is 0.0474. The maximum atomic E-state index is 11.2. The van der Waals surface area contributed by atoms with Crippen molar-refractivity contribution in [2.75, 3.05) is 20.8 Å². The maximum Gasteiger partial charge on any atom is 0.312 e. The van der Waals surface area contributed by atoms with Gasteiger partial charge in [-0.1, -0.05) is 11.6 Å². The topological polar surface area (TPSA) is 81.8 Å². The Hall–Kier alpha value is -1.46. The molecule has 0 aromatic heterocycles. The quantitative estimate of drug-likeness (QED) is 0.855. The lowest BCUT2D eigenvalue weighted by Crippen LogP contribution is -2.22. The first kappa shape index (κ1) is 14.6. The molecule has 0 amide bonds. The second-order valence-electron chi connectivity index (χ2n) is 3.77. The van der Waals surface area contributed by atoms with E-state index in [2.05, 4.69) is 0 Å². The number of benzene rings is 1. The summed E-state index contributed by atoms with van der Waals surface area (Å²) < 4.78 is 10.3. The highest BCUT2D eigenvalue weighted by molar-refractivity contribution is 6.33. The number of carboxylic acid groups (broad SMARTS) is 1. The van der Waals surface area contributed by atoms with Gasteiger partial charge in [-0.25, -0.2) is 0 Å². The van der Waals surface area contributed by atoms with Gasteiger partial charge in [0.15, 0.2) is 0 Å². The Morgan fingerprint density at radius 2 is 2.11 bits per heavy atom. The van der Waals surface area contributed by atoms with Crippen molar-refractivity contribution >= 4 is 17.6 Å². The Labute approximate surface area is 110 Å². The van der Waals surface area contributed by atoms with E-state index < -0.39 is 11.9 Å². The van der Waals surface area contributed by atoms with Gasteiger partial charge in [-0.2, -0.15) is 0 Å². The molecule has 0 saturated carbocycles. The average molecular weight is 274 g/mol. The number of ether oxygens (including phenoxy) is 2. The Kier molecular flexibility index (Phi) is 4.81. The molecule has 100 valence electrons.